The van der Waals surface area contributed by atoms with Gasteiger partial charge in [0.15, 0.2) is 0 Å². The highest BCUT2D eigenvalue weighted by molar-refractivity contribution is 7.26. The average molecular weight is 667 g/mol. The van der Waals surface area contributed by atoms with Crippen molar-refractivity contribution in [1.29, 1.82) is 0 Å². The van der Waals surface area contributed by atoms with E-state index in [0.717, 1.165) is 0 Å². The number of nitrogens with zero attached hydrogens (tertiary/aromatic N) is 2. The molecule has 0 spiro atoms. The summed E-state index contributed by atoms with van der Waals surface area (Å²) in [6.07, 6.45) is 0. The van der Waals surface area contributed by atoms with Gasteiger partial charge in [-0.15, -0.1) is 11.3 Å². The number of rotatable bonds is 4. The van der Waals surface area contributed by atoms with Gasteiger partial charge in [-0.2, -0.15) is 0 Å². The molecule has 0 saturated carbocycles. The number of para-hydroxylation sites is 3. The van der Waals surface area contributed by atoms with Crippen molar-refractivity contribution < 1.29 is 0 Å². The van der Waals surface area contributed by atoms with Gasteiger partial charge in [-0.05, 0) is 82.9 Å². The minimum atomic E-state index is 1.18. The SMILES string of the molecule is c1ccc(-c2cccc3sc4c(-n5c6ccccc6c6cc(-c7ccc8c(c7)c7ccccc7n8-c7ccccc7)ccc65)cccc4c23)cc1. The van der Waals surface area contributed by atoms with Crippen LogP contribution in [0.5, 0.6) is 0 Å². The molecule has 2 nitrogen and oxygen atoms in total. The highest BCUT2D eigenvalue weighted by atomic mass is 32.1. The summed E-state index contributed by atoms with van der Waals surface area (Å²) in [4.78, 5) is 0. The van der Waals surface area contributed by atoms with Gasteiger partial charge in [-0.25, -0.2) is 0 Å². The Hall–Kier alpha value is -6.42. The molecule has 51 heavy (non-hydrogen) atoms. The lowest BCUT2D eigenvalue weighted by atomic mass is 9.99. The minimum absolute atomic E-state index is 1.18. The molecular formula is C48H30N2S. The van der Waals surface area contributed by atoms with E-state index in [2.05, 4.69) is 191 Å². The highest BCUT2D eigenvalue weighted by Crippen LogP contribution is 2.45. The van der Waals surface area contributed by atoms with Crippen molar-refractivity contribution in [3.05, 3.63) is 182 Å². The third-order valence-corrected chi connectivity index (χ3v) is 11.7. The van der Waals surface area contributed by atoms with Crippen LogP contribution in [0.3, 0.4) is 0 Å². The van der Waals surface area contributed by atoms with Gasteiger partial charge in [-0.3, -0.25) is 0 Å². The molecule has 11 aromatic rings. The van der Waals surface area contributed by atoms with Crippen molar-refractivity contribution in [2.24, 2.45) is 0 Å². The van der Waals surface area contributed by atoms with E-state index in [1.165, 1.54) is 97.4 Å². The van der Waals surface area contributed by atoms with Gasteiger partial charge in [0.2, 0.25) is 0 Å². The van der Waals surface area contributed by atoms with Gasteiger partial charge in [0.25, 0.3) is 0 Å². The van der Waals surface area contributed by atoms with Crippen LogP contribution in [0, 0.1) is 0 Å². The summed E-state index contributed by atoms with van der Waals surface area (Å²) in [5.74, 6) is 0. The fourth-order valence-corrected chi connectivity index (χ4v) is 9.52. The maximum atomic E-state index is 2.48. The quantitative estimate of drug-likeness (QED) is 0.177. The summed E-state index contributed by atoms with van der Waals surface area (Å²) >= 11 is 1.89. The van der Waals surface area contributed by atoms with Crippen LogP contribution in [0.2, 0.25) is 0 Å². The molecule has 0 bridgehead atoms. The standard InChI is InChI=1S/C48H30N2S/c1-3-13-31(14-4-1)35-19-12-24-46-47(35)38-20-11-23-45(48(38)51-46)50-42-22-10-8-18-37(42)40-30-33(26-28-44(40)50)32-25-27-43-39(29-32)36-17-7-9-21-41(36)49(43)34-15-5-2-6-16-34/h1-30H. The van der Waals surface area contributed by atoms with Crippen LogP contribution in [0.4, 0.5) is 0 Å². The zero-order valence-electron chi connectivity index (χ0n) is 27.6. The Morgan fingerprint density at radius 2 is 0.902 bits per heavy atom. The summed E-state index contributed by atoms with van der Waals surface area (Å²) in [5, 5.41) is 7.69. The molecule has 3 heterocycles. The molecule has 0 radical (unpaired) electrons. The zero-order chi connectivity index (χ0) is 33.5. The van der Waals surface area contributed by atoms with Crippen LogP contribution in [-0.2, 0) is 0 Å². The number of aromatic nitrogens is 2. The fourth-order valence-electron chi connectivity index (χ4n) is 8.29. The minimum Gasteiger partial charge on any atom is -0.309 e. The summed E-state index contributed by atoms with van der Waals surface area (Å²) in [6, 6.07) is 66.5. The third-order valence-electron chi connectivity index (χ3n) is 10.5. The average Bonchev–Trinajstić information content (AvgIpc) is 3.86. The molecule has 0 unspecified atom stereocenters. The lowest BCUT2D eigenvalue weighted by molar-refractivity contribution is 1.18. The number of benzene rings is 8. The maximum absolute atomic E-state index is 2.48. The predicted octanol–water partition coefficient (Wildman–Crippen LogP) is 13.6. The molecular weight excluding hydrogens is 637 g/mol. The second-order valence-corrected chi connectivity index (χ2v) is 14.4. The molecule has 0 aliphatic heterocycles. The molecule has 0 N–H and O–H groups in total. The summed E-state index contributed by atoms with van der Waals surface area (Å²) < 4.78 is 7.47. The van der Waals surface area contributed by atoms with Crippen molar-refractivity contribution in [2.45, 2.75) is 0 Å². The van der Waals surface area contributed by atoms with Crippen LogP contribution in [-0.4, -0.2) is 9.13 Å². The van der Waals surface area contributed by atoms with Gasteiger partial charge in [0, 0.05) is 42.7 Å². The van der Waals surface area contributed by atoms with E-state index in [4.69, 9.17) is 0 Å². The largest absolute Gasteiger partial charge is 0.309 e. The fraction of sp³-hybridized carbons (Fsp3) is 0. The summed E-state index contributed by atoms with van der Waals surface area (Å²) in [6.45, 7) is 0. The number of fused-ring (bicyclic) bond motifs is 9. The monoisotopic (exact) mass is 666 g/mol. The van der Waals surface area contributed by atoms with Crippen LogP contribution in [0.15, 0.2) is 182 Å². The normalized spacial score (nSPS) is 11.9. The first-order valence-electron chi connectivity index (χ1n) is 17.4. The van der Waals surface area contributed by atoms with Gasteiger partial charge >= 0.3 is 0 Å². The summed E-state index contributed by atoms with van der Waals surface area (Å²) in [5.41, 5.74) is 12.3. The molecule has 3 aromatic heterocycles. The molecule has 0 aliphatic carbocycles. The van der Waals surface area contributed by atoms with Crippen molar-refractivity contribution in [1.82, 2.24) is 9.13 Å². The van der Waals surface area contributed by atoms with Gasteiger partial charge in [0.05, 0.1) is 32.5 Å². The second-order valence-electron chi connectivity index (χ2n) is 13.3. The van der Waals surface area contributed by atoms with Crippen LogP contribution in [0.25, 0.3) is 97.4 Å². The highest BCUT2D eigenvalue weighted by Gasteiger charge is 2.19. The van der Waals surface area contributed by atoms with Crippen molar-refractivity contribution in [3.63, 3.8) is 0 Å². The van der Waals surface area contributed by atoms with Crippen LogP contribution in [0.1, 0.15) is 0 Å². The maximum Gasteiger partial charge on any atom is 0.0640 e. The molecule has 0 amide bonds. The first-order chi connectivity index (χ1) is 25.3. The smallest absolute Gasteiger partial charge is 0.0640 e. The second kappa shape index (κ2) is 11.0. The number of hydrogen-bond acceptors (Lipinski definition) is 1. The van der Waals surface area contributed by atoms with E-state index < -0.39 is 0 Å². The van der Waals surface area contributed by atoms with E-state index in [1.807, 2.05) is 11.3 Å². The Morgan fingerprint density at radius 3 is 1.61 bits per heavy atom. The van der Waals surface area contributed by atoms with Crippen LogP contribution < -0.4 is 0 Å². The molecule has 238 valence electrons. The Labute approximate surface area is 298 Å². The lowest BCUT2D eigenvalue weighted by Gasteiger charge is -2.10. The molecule has 11 rings (SSSR count). The Kier molecular flexibility index (Phi) is 6.16. The number of thiophene rings is 1. The Morgan fingerprint density at radius 1 is 0.353 bits per heavy atom. The van der Waals surface area contributed by atoms with E-state index >= 15 is 0 Å². The van der Waals surface area contributed by atoms with E-state index in [1.54, 1.807) is 0 Å². The molecule has 0 fully saturated rings. The van der Waals surface area contributed by atoms with Gasteiger partial charge in [0.1, 0.15) is 0 Å². The molecule has 0 aliphatic rings. The van der Waals surface area contributed by atoms with Crippen molar-refractivity contribution >= 4 is 75.1 Å². The molecule has 3 heteroatoms. The molecule has 0 saturated heterocycles. The topological polar surface area (TPSA) is 9.86 Å². The third kappa shape index (κ3) is 4.22. The zero-order valence-corrected chi connectivity index (χ0v) is 28.4. The van der Waals surface area contributed by atoms with Crippen molar-refractivity contribution in [3.8, 4) is 33.6 Å². The predicted molar refractivity (Wildman–Crippen MR) is 219 cm³/mol. The lowest BCUT2D eigenvalue weighted by Crippen LogP contribution is -1.94. The van der Waals surface area contributed by atoms with E-state index in [9.17, 15) is 0 Å². The summed E-state index contributed by atoms with van der Waals surface area (Å²) in [7, 11) is 0. The van der Waals surface area contributed by atoms with Crippen molar-refractivity contribution in [2.75, 3.05) is 0 Å². The van der Waals surface area contributed by atoms with Gasteiger partial charge in [-0.1, -0.05) is 121 Å². The first kappa shape index (κ1) is 28.4. The van der Waals surface area contributed by atoms with E-state index in [0.29, 0.717) is 0 Å². The molecule has 8 aromatic carbocycles. The first-order valence-corrected chi connectivity index (χ1v) is 18.3. The van der Waals surface area contributed by atoms with E-state index in [-0.39, 0.29) is 0 Å². The Bertz CT molecular complexity index is 3130. The van der Waals surface area contributed by atoms with Crippen LogP contribution >= 0.6 is 11.3 Å². The molecule has 0 atom stereocenters. The van der Waals surface area contributed by atoms with Gasteiger partial charge < -0.3 is 9.13 Å². The Balaban J connectivity index is 1.12. The number of hydrogen-bond donors (Lipinski definition) is 0.